The van der Waals surface area contributed by atoms with Gasteiger partial charge in [0.25, 0.3) is 0 Å². The van der Waals surface area contributed by atoms with Gasteiger partial charge in [0.1, 0.15) is 0 Å². The number of aromatic nitrogens is 4. The molecule has 6 heteroatoms. The van der Waals surface area contributed by atoms with Gasteiger partial charge < -0.3 is 18.3 Å². The lowest BCUT2D eigenvalue weighted by Crippen LogP contribution is -2.29. The van der Waals surface area contributed by atoms with Gasteiger partial charge in [0, 0.05) is 65.4 Å². The number of benzene rings is 18. The van der Waals surface area contributed by atoms with Gasteiger partial charge in [-0.2, -0.15) is 10.5 Å². The van der Waals surface area contributed by atoms with Crippen LogP contribution in [0.25, 0.3) is 177 Å². The van der Waals surface area contributed by atoms with Crippen LogP contribution in [0.5, 0.6) is 0 Å². The highest BCUT2D eigenvalue weighted by Crippen LogP contribution is 2.59. The summed E-state index contributed by atoms with van der Waals surface area (Å²) in [5, 5.41) is 28.9. The van der Waals surface area contributed by atoms with Crippen molar-refractivity contribution in [2.75, 3.05) is 0 Å². The van der Waals surface area contributed by atoms with Gasteiger partial charge in [0.2, 0.25) is 0 Å². The first-order valence-corrected chi connectivity index (χ1v) is 41.1. The van der Waals surface area contributed by atoms with Gasteiger partial charge in [-0.25, -0.2) is 0 Å². The van der Waals surface area contributed by atoms with E-state index in [1.54, 1.807) is 0 Å². The molecule has 2 aliphatic rings. The molecule has 120 heavy (non-hydrogen) atoms. The average Bonchev–Trinajstić information content (AvgIpc) is 1.51. The number of hydrogen-bond acceptors (Lipinski definition) is 2. The molecule has 24 rings (SSSR count). The summed E-state index contributed by atoms with van der Waals surface area (Å²) in [7, 11) is 0. The topological polar surface area (TPSA) is 67.3 Å². The van der Waals surface area contributed by atoms with Crippen molar-refractivity contribution >= 4 is 87.2 Å². The fourth-order valence-corrected chi connectivity index (χ4v) is 20.5. The summed E-state index contributed by atoms with van der Waals surface area (Å²) in [5.41, 5.74) is 36.7. The van der Waals surface area contributed by atoms with E-state index in [-0.39, 0.29) is 5.41 Å². The minimum Gasteiger partial charge on any atom is -0.309 e. The fraction of sp³-hybridized carbons (Fsp3) is 0.0351. The van der Waals surface area contributed by atoms with Crippen LogP contribution in [-0.2, 0) is 10.8 Å². The van der Waals surface area contributed by atoms with Gasteiger partial charge in [0.15, 0.2) is 0 Å². The number of para-hydroxylation sites is 4. The van der Waals surface area contributed by atoms with Crippen LogP contribution < -0.4 is 0 Å². The normalized spacial score (nSPS) is 12.9. The molecule has 2 aliphatic carbocycles. The van der Waals surface area contributed by atoms with E-state index in [2.05, 4.69) is 420 Å². The van der Waals surface area contributed by atoms with Crippen LogP contribution in [0, 0.1) is 22.7 Å². The molecule has 18 aromatic carbocycles. The molecule has 0 unspecified atom stereocenters. The lowest BCUT2D eigenvalue weighted by Gasteiger charge is -2.35. The molecule has 22 aromatic rings. The number of hydrogen-bond donors (Lipinski definition) is 0. The zero-order chi connectivity index (χ0) is 79.9. The van der Waals surface area contributed by atoms with E-state index in [0.717, 1.165) is 55.7 Å². The van der Waals surface area contributed by atoms with Crippen LogP contribution in [0.2, 0.25) is 0 Å². The highest BCUT2D eigenvalue weighted by atomic mass is 15.0. The molecule has 4 heterocycles. The number of fused-ring (bicyclic) bond motifs is 18. The second kappa shape index (κ2) is 27.4. The molecule has 6 nitrogen and oxygen atoms in total. The predicted molar refractivity (Wildman–Crippen MR) is 496 cm³/mol. The smallest absolute Gasteiger partial charge is 0.0991 e. The lowest BCUT2D eigenvalue weighted by molar-refractivity contribution is 0.656. The van der Waals surface area contributed by atoms with Crippen LogP contribution in [0.15, 0.2) is 413 Å². The molecule has 560 valence electrons. The standard InChI is InChI=1S/C62H39N3.C52H35N3/c63-40-41-16-13-17-42(36-41)43-18-14-23-48(37-43)64-56-29-11-8-25-50(56)53-38-44(32-34-58(53)64)45-33-35-59-54(39-45)51-26-9-12-30-57(51)65(59)60-31-15-27-52-49-24-7-10-28-55(49)62(61(52)60,46-19-3-1-4-20-46)47-21-5-2-6-22-47;1-52(2)45-20-6-3-16-39(45)42-19-11-23-50(51(42)52)55-47-22-8-5-18-41(47)44-31-37(25-27-49(44)55)36-24-26-48-43(30-36)40-17-4-7-21-46(40)54(48)38-15-10-14-35(29-38)34-13-9-12-33(28-34)32-53/h1-39H;3-31H,1-2H3. The van der Waals surface area contributed by atoms with E-state index in [1.165, 1.54) is 154 Å². The second-order valence-electron chi connectivity index (χ2n) is 32.4. The highest BCUT2D eigenvalue weighted by molar-refractivity contribution is 6.16. The van der Waals surface area contributed by atoms with Crippen molar-refractivity contribution in [2.45, 2.75) is 24.7 Å². The molecule has 0 radical (unpaired) electrons. The summed E-state index contributed by atoms with van der Waals surface area (Å²) in [6, 6.07) is 154. The third-order valence-electron chi connectivity index (χ3n) is 25.7. The SMILES string of the molecule is CC1(C)c2ccccc2-c2cccc(-n3c4ccccc4c4cc(-c5ccc6c(c5)c5ccccc5n6-c5cccc(-c6cccc(C#N)c6)c5)ccc43)c21.N#Cc1cccc(-c2cccc(-n3c4ccccc4c4cc(-c5ccc6c(c5)c5ccccc5n6-c5cccc6c5C(c5ccccc5)(c5ccccc5)c5ccccc5-6)ccc43)c2)c1. The number of nitrogens with zero attached hydrogens (tertiary/aromatic N) is 6. The maximum absolute atomic E-state index is 9.60. The first-order chi connectivity index (χ1) is 59.2. The van der Waals surface area contributed by atoms with Crippen molar-refractivity contribution in [1.82, 2.24) is 18.3 Å². The van der Waals surface area contributed by atoms with Gasteiger partial charge in [-0.15, -0.1) is 0 Å². The Kier molecular flexibility index (Phi) is 15.9. The Morgan fingerprint density at radius 2 is 0.517 bits per heavy atom. The summed E-state index contributed by atoms with van der Waals surface area (Å²) >= 11 is 0. The van der Waals surface area contributed by atoms with Crippen LogP contribution in [0.3, 0.4) is 0 Å². The Hall–Kier alpha value is -15.9. The van der Waals surface area contributed by atoms with Crippen molar-refractivity contribution < 1.29 is 0 Å². The molecule has 0 saturated heterocycles. The first kappa shape index (κ1) is 69.6. The zero-order valence-electron chi connectivity index (χ0n) is 65.9. The minimum atomic E-state index is -0.541. The summed E-state index contributed by atoms with van der Waals surface area (Å²) in [6.45, 7) is 4.73. The molecule has 4 aromatic heterocycles. The Morgan fingerprint density at radius 3 is 0.942 bits per heavy atom. The third kappa shape index (κ3) is 10.6. The quantitative estimate of drug-likeness (QED) is 0.137. The molecule has 0 aliphatic heterocycles. The van der Waals surface area contributed by atoms with E-state index in [0.29, 0.717) is 11.1 Å². The monoisotopic (exact) mass is 1530 g/mol. The molecular weight excluding hydrogens is 1450 g/mol. The van der Waals surface area contributed by atoms with E-state index < -0.39 is 5.41 Å². The predicted octanol–water partition coefficient (Wildman–Crippen LogP) is 28.8. The molecule has 0 amide bonds. The van der Waals surface area contributed by atoms with Crippen LogP contribution in [-0.4, -0.2) is 18.3 Å². The van der Waals surface area contributed by atoms with E-state index >= 15 is 0 Å². The van der Waals surface area contributed by atoms with Crippen molar-refractivity contribution in [3.8, 4) is 102 Å². The zero-order valence-corrected chi connectivity index (χ0v) is 65.9. The molecule has 0 spiro atoms. The van der Waals surface area contributed by atoms with Crippen LogP contribution in [0.4, 0.5) is 0 Å². The molecule has 0 bridgehead atoms. The Bertz CT molecular complexity index is 8070. The van der Waals surface area contributed by atoms with Crippen molar-refractivity contribution in [2.24, 2.45) is 0 Å². The van der Waals surface area contributed by atoms with Gasteiger partial charge in [0.05, 0.1) is 84.2 Å². The Balaban J connectivity index is 0.000000142. The number of nitriles is 2. The lowest BCUT2D eigenvalue weighted by atomic mass is 9.67. The highest BCUT2D eigenvalue weighted by Gasteiger charge is 2.48. The molecular formula is C114H74N6. The Labute approximate surface area is 694 Å². The molecule has 0 saturated carbocycles. The minimum absolute atomic E-state index is 0.126. The molecule has 0 fully saturated rings. The second-order valence-corrected chi connectivity index (χ2v) is 32.4. The summed E-state index contributed by atoms with van der Waals surface area (Å²) < 4.78 is 9.73. The third-order valence-corrected chi connectivity index (χ3v) is 25.7. The van der Waals surface area contributed by atoms with E-state index in [9.17, 15) is 10.5 Å². The van der Waals surface area contributed by atoms with E-state index in [4.69, 9.17) is 0 Å². The fourth-order valence-electron chi connectivity index (χ4n) is 20.5. The molecule has 0 N–H and O–H groups in total. The summed E-state index contributed by atoms with van der Waals surface area (Å²) in [5.74, 6) is 0. The summed E-state index contributed by atoms with van der Waals surface area (Å²) in [6.07, 6.45) is 0. The van der Waals surface area contributed by atoms with Crippen LogP contribution >= 0.6 is 0 Å². The Morgan fingerprint density at radius 1 is 0.217 bits per heavy atom. The maximum atomic E-state index is 9.60. The van der Waals surface area contributed by atoms with Gasteiger partial charge in [-0.3, -0.25) is 0 Å². The first-order valence-electron chi connectivity index (χ1n) is 41.1. The van der Waals surface area contributed by atoms with Crippen molar-refractivity contribution in [1.29, 1.82) is 10.5 Å². The van der Waals surface area contributed by atoms with Crippen molar-refractivity contribution in [3.05, 3.63) is 457 Å². The largest absolute Gasteiger partial charge is 0.309 e. The summed E-state index contributed by atoms with van der Waals surface area (Å²) in [4.78, 5) is 0. The number of rotatable bonds is 10. The maximum Gasteiger partial charge on any atom is 0.0991 e. The average molecular weight is 1530 g/mol. The van der Waals surface area contributed by atoms with Gasteiger partial charge >= 0.3 is 0 Å². The van der Waals surface area contributed by atoms with E-state index in [1.807, 2.05) is 36.4 Å². The van der Waals surface area contributed by atoms with Crippen LogP contribution in [0.1, 0.15) is 58.4 Å². The van der Waals surface area contributed by atoms with Crippen molar-refractivity contribution in [3.63, 3.8) is 0 Å². The molecule has 0 atom stereocenters. The van der Waals surface area contributed by atoms with Gasteiger partial charge in [-0.05, 0) is 228 Å². The van der Waals surface area contributed by atoms with Gasteiger partial charge in [-0.1, -0.05) is 293 Å².